The monoisotopic (exact) mass is 279 g/mol. The third-order valence-corrected chi connectivity index (χ3v) is 4.11. The Morgan fingerprint density at radius 2 is 1.95 bits per heavy atom. The van der Waals surface area contributed by atoms with Gasteiger partial charge >= 0.3 is 0 Å². The fourth-order valence-electron chi connectivity index (χ4n) is 2.80. The SMILES string of the molecule is CCCNCc1ccc(CN2CCC(N(C)C)CC2)o1. The number of hydrogen-bond acceptors (Lipinski definition) is 4. The smallest absolute Gasteiger partial charge is 0.118 e. The molecule has 2 heterocycles. The molecule has 1 fully saturated rings. The van der Waals surface area contributed by atoms with Crippen molar-refractivity contribution in [2.24, 2.45) is 0 Å². The van der Waals surface area contributed by atoms with Crippen molar-refractivity contribution in [2.45, 2.75) is 45.3 Å². The molecule has 0 amide bonds. The minimum absolute atomic E-state index is 0.747. The van der Waals surface area contributed by atoms with Gasteiger partial charge in [-0.15, -0.1) is 0 Å². The second-order valence-electron chi connectivity index (χ2n) is 6.02. The zero-order chi connectivity index (χ0) is 14.4. The topological polar surface area (TPSA) is 31.6 Å². The van der Waals surface area contributed by atoms with Gasteiger partial charge in [0.1, 0.15) is 11.5 Å². The highest BCUT2D eigenvalue weighted by Crippen LogP contribution is 2.17. The first-order chi connectivity index (χ1) is 9.69. The summed E-state index contributed by atoms with van der Waals surface area (Å²) in [6.07, 6.45) is 3.69. The maximum Gasteiger partial charge on any atom is 0.118 e. The molecule has 1 saturated heterocycles. The first-order valence-corrected chi connectivity index (χ1v) is 7.86. The van der Waals surface area contributed by atoms with Gasteiger partial charge in [-0.25, -0.2) is 0 Å². The van der Waals surface area contributed by atoms with Crippen molar-refractivity contribution >= 4 is 0 Å². The minimum Gasteiger partial charge on any atom is -0.463 e. The number of hydrogen-bond donors (Lipinski definition) is 1. The molecule has 1 N–H and O–H groups in total. The number of piperidine rings is 1. The molecule has 0 aliphatic carbocycles. The Morgan fingerprint density at radius 1 is 1.25 bits per heavy atom. The van der Waals surface area contributed by atoms with E-state index in [1.807, 2.05) is 0 Å². The van der Waals surface area contributed by atoms with Crippen LogP contribution in [0.3, 0.4) is 0 Å². The second-order valence-corrected chi connectivity index (χ2v) is 6.02. The van der Waals surface area contributed by atoms with Gasteiger partial charge in [0.05, 0.1) is 13.1 Å². The van der Waals surface area contributed by atoms with Gasteiger partial charge < -0.3 is 14.6 Å². The molecule has 1 aromatic rings. The highest BCUT2D eigenvalue weighted by molar-refractivity contribution is 5.07. The molecule has 0 atom stereocenters. The molecule has 1 aliphatic heterocycles. The van der Waals surface area contributed by atoms with Crippen LogP contribution >= 0.6 is 0 Å². The fourth-order valence-corrected chi connectivity index (χ4v) is 2.80. The van der Waals surface area contributed by atoms with E-state index in [9.17, 15) is 0 Å². The average Bonchev–Trinajstić information content (AvgIpc) is 2.87. The molecule has 0 bridgehead atoms. The maximum absolute atomic E-state index is 5.89. The summed E-state index contributed by atoms with van der Waals surface area (Å²) >= 11 is 0. The highest BCUT2D eigenvalue weighted by Gasteiger charge is 2.21. The zero-order valence-electron chi connectivity index (χ0n) is 13.2. The Balaban J connectivity index is 1.74. The summed E-state index contributed by atoms with van der Waals surface area (Å²) in [5.41, 5.74) is 0. The van der Waals surface area contributed by atoms with Crippen LogP contribution in [0.1, 0.15) is 37.7 Å². The summed E-state index contributed by atoms with van der Waals surface area (Å²) < 4.78 is 5.89. The molecule has 20 heavy (non-hydrogen) atoms. The Kier molecular flexibility index (Phi) is 6.07. The highest BCUT2D eigenvalue weighted by atomic mass is 16.3. The molecule has 1 aliphatic rings. The van der Waals surface area contributed by atoms with Crippen LogP contribution in [0.4, 0.5) is 0 Å². The molecule has 0 aromatic carbocycles. The van der Waals surface area contributed by atoms with Crippen molar-refractivity contribution in [3.63, 3.8) is 0 Å². The van der Waals surface area contributed by atoms with E-state index in [1.165, 1.54) is 25.9 Å². The van der Waals surface area contributed by atoms with Gasteiger partial charge in [-0.05, 0) is 52.0 Å². The Labute approximate surface area is 123 Å². The van der Waals surface area contributed by atoms with Crippen molar-refractivity contribution in [1.29, 1.82) is 0 Å². The number of likely N-dealkylation sites (tertiary alicyclic amines) is 1. The van der Waals surface area contributed by atoms with E-state index < -0.39 is 0 Å². The van der Waals surface area contributed by atoms with Crippen LogP contribution in [0, 0.1) is 0 Å². The lowest BCUT2D eigenvalue weighted by atomic mass is 10.0. The van der Waals surface area contributed by atoms with Gasteiger partial charge in [-0.1, -0.05) is 6.92 Å². The van der Waals surface area contributed by atoms with Gasteiger partial charge in [0.2, 0.25) is 0 Å². The lowest BCUT2D eigenvalue weighted by Gasteiger charge is -2.34. The van der Waals surface area contributed by atoms with E-state index in [-0.39, 0.29) is 0 Å². The number of nitrogens with zero attached hydrogens (tertiary/aromatic N) is 2. The van der Waals surface area contributed by atoms with Crippen LogP contribution in [-0.2, 0) is 13.1 Å². The molecule has 0 saturated carbocycles. The summed E-state index contributed by atoms with van der Waals surface area (Å²) in [6, 6.07) is 4.97. The van der Waals surface area contributed by atoms with Crippen LogP contribution in [0.15, 0.2) is 16.5 Å². The van der Waals surface area contributed by atoms with E-state index in [0.717, 1.165) is 43.6 Å². The molecular weight excluding hydrogens is 250 g/mol. The van der Waals surface area contributed by atoms with Crippen LogP contribution in [0.2, 0.25) is 0 Å². The quantitative estimate of drug-likeness (QED) is 0.776. The van der Waals surface area contributed by atoms with Crippen molar-refractivity contribution in [3.8, 4) is 0 Å². The standard InChI is InChI=1S/C16H29N3O/c1-4-9-17-12-15-5-6-16(20-15)13-19-10-7-14(8-11-19)18(2)3/h5-6,14,17H,4,7-13H2,1-3H3. The first kappa shape index (κ1) is 15.5. The molecule has 2 rings (SSSR count). The van der Waals surface area contributed by atoms with Crippen LogP contribution < -0.4 is 5.32 Å². The molecule has 0 spiro atoms. The molecule has 114 valence electrons. The summed E-state index contributed by atoms with van der Waals surface area (Å²) in [6.45, 7) is 7.37. The molecule has 0 radical (unpaired) electrons. The van der Waals surface area contributed by atoms with E-state index in [1.54, 1.807) is 0 Å². The summed E-state index contributed by atoms with van der Waals surface area (Å²) in [5, 5.41) is 3.37. The summed E-state index contributed by atoms with van der Waals surface area (Å²) in [7, 11) is 4.37. The van der Waals surface area contributed by atoms with Crippen molar-refractivity contribution in [1.82, 2.24) is 15.1 Å². The molecule has 1 aromatic heterocycles. The third kappa shape index (κ3) is 4.62. The molecule has 4 nitrogen and oxygen atoms in total. The van der Waals surface area contributed by atoms with E-state index in [2.05, 4.69) is 48.3 Å². The Morgan fingerprint density at radius 3 is 2.60 bits per heavy atom. The van der Waals surface area contributed by atoms with Gasteiger partial charge in [-0.2, -0.15) is 0 Å². The van der Waals surface area contributed by atoms with Crippen LogP contribution in [0.25, 0.3) is 0 Å². The second kappa shape index (κ2) is 7.81. The first-order valence-electron chi connectivity index (χ1n) is 7.86. The normalized spacial score (nSPS) is 18.0. The average molecular weight is 279 g/mol. The Hall–Kier alpha value is -0.840. The maximum atomic E-state index is 5.89. The van der Waals surface area contributed by atoms with Gasteiger partial charge in [0, 0.05) is 19.1 Å². The fraction of sp³-hybridized carbons (Fsp3) is 0.750. The minimum atomic E-state index is 0.747. The summed E-state index contributed by atoms with van der Waals surface area (Å²) in [5.74, 6) is 2.15. The van der Waals surface area contributed by atoms with Gasteiger partial charge in [0.25, 0.3) is 0 Å². The van der Waals surface area contributed by atoms with Crippen LogP contribution in [0.5, 0.6) is 0 Å². The number of rotatable bonds is 7. The predicted octanol–water partition coefficient (Wildman–Crippen LogP) is 2.31. The largest absolute Gasteiger partial charge is 0.463 e. The van der Waals surface area contributed by atoms with E-state index in [4.69, 9.17) is 4.42 Å². The van der Waals surface area contributed by atoms with Crippen LogP contribution in [-0.4, -0.2) is 49.6 Å². The lowest BCUT2D eigenvalue weighted by Crippen LogP contribution is -2.41. The van der Waals surface area contributed by atoms with E-state index >= 15 is 0 Å². The van der Waals surface area contributed by atoms with Crippen molar-refractivity contribution < 1.29 is 4.42 Å². The van der Waals surface area contributed by atoms with Crippen molar-refractivity contribution in [3.05, 3.63) is 23.7 Å². The molecule has 0 unspecified atom stereocenters. The third-order valence-electron chi connectivity index (χ3n) is 4.11. The van der Waals surface area contributed by atoms with E-state index in [0.29, 0.717) is 0 Å². The Bertz CT molecular complexity index is 381. The van der Waals surface area contributed by atoms with Gasteiger partial charge in [-0.3, -0.25) is 4.90 Å². The molecular formula is C16H29N3O. The number of furan rings is 1. The predicted molar refractivity (Wildman–Crippen MR) is 82.7 cm³/mol. The number of nitrogens with one attached hydrogen (secondary N) is 1. The van der Waals surface area contributed by atoms with Gasteiger partial charge in [0.15, 0.2) is 0 Å². The molecule has 4 heteroatoms. The zero-order valence-corrected chi connectivity index (χ0v) is 13.2. The summed E-state index contributed by atoms with van der Waals surface area (Å²) in [4.78, 5) is 4.85. The lowest BCUT2D eigenvalue weighted by molar-refractivity contribution is 0.133. The van der Waals surface area contributed by atoms with Crippen molar-refractivity contribution in [2.75, 3.05) is 33.7 Å².